The second-order valence-electron chi connectivity index (χ2n) is 7.49. The third-order valence-corrected chi connectivity index (χ3v) is 5.30. The van der Waals surface area contributed by atoms with Gasteiger partial charge in [0.25, 0.3) is 0 Å². The third kappa shape index (κ3) is 5.90. The summed E-state index contributed by atoms with van der Waals surface area (Å²) in [6, 6.07) is 8.25. The number of ether oxygens (including phenoxy) is 2. The molecule has 1 aromatic carbocycles. The fourth-order valence-corrected chi connectivity index (χ4v) is 3.42. The van der Waals surface area contributed by atoms with Crippen LogP contribution in [0.1, 0.15) is 51.0 Å². The van der Waals surface area contributed by atoms with Crippen molar-refractivity contribution in [2.75, 3.05) is 40.5 Å². The van der Waals surface area contributed by atoms with E-state index >= 15 is 0 Å². The highest BCUT2D eigenvalue weighted by Gasteiger charge is 2.36. The van der Waals surface area contributed by atoms with E-state index in [0.717, 1.165) is 37.8 Å². The fourth-order valence-electron chi connectivity index (χ4n) is 3.42. The Hall–Kier alpha value is -1.75. The molecular weight excluding hydrogens is 326 g/mol. The van der Waals surface area contributed by atoms with Gasteiger partial charge in [-0.25, -0.2) is 0 Å². The van der Waals surface area contributed by atoms with Crippen molar-refractivity contribution in [1.29, 1.82) is 0 Å². The van der Waals surface area contributed by atoms with Gasteiger partial charge in [-0.15, -0.1) is 0 Å². The summed E-state index contributed by atoms with van der Waals surface area (Å²) in [4.78, 5) is 4.33. The van der Waals surface area contributed by atoms with Gasteiger partial charge >= 0.3 is 0 Å². The molecule has 5 nitrogen and oxygen atoms in total. The van der Waals surface area contributed by atoms with Crippen LogP contribution in [0.15, 0.2) is 29.3 Å². The Kier molecular flexibility index (Phi) is 8.23. The van der Waals surface area contributed by atoms with E-state index < -0.39 is 0 Å². The van der Waals surface area contributed by atoms with Crippen LogP contribution in [0.3, 0.4) is 0 Å². The SMILES string of the molecule is CN=C(NCCOc1ccccc1C(C)C)NCC1(CCOC)CCC1. The molecule has 0 radical (unpaired) electrons. The summed E-state index contributed by atoms with van der Waals surface area (Å²) in [7, 11) is 3.59. The van der Waals surface area contributed by atoms with Crippen LogP contribution in [0.4, 0.5) is 0 Å². The zero-order valence-electron chi connectivity index (χ0n) is 16.8. The van der Waals surface area contributed by atoms with Crippen LogP contribution in [0, 0.1) is 5.41 Å². The van der Waals surface area contributed by atoms with E-state index in [1.807, 2.05) is 19.2 Å². The molecule has 1 fully saturated rings. The first kappa shape index (κ1) is 20.6. The number of benzene rings is 1. The number of aliphatic imine (C=N–C) groups is 1. The van der Waals surface area contributed by atoms with Crippen LogP contribution in [0.2, 0.25) is 0 Å². The van der Waals surface area contributed by atoms with Crippen molar-refractivity contribution in [1.82, 2.24) is 10.6 Å². The van der Waals surface area contributed by atoms with Gasteiger partial charge in [-0.2, -0.15) is 0 Å². The highest BCUT2D eigenvalue weighted by atomic mass is 16.5. The summed E-state index contributed by atoms with van der Waals surface area (Å²) >= 11 is 0. The van der Waals surface area contributed by atoms with Crippen LogP contribution < -0.4 is 15.4 Å². The highest BCUT2D eigenvalue weighted by molar-refractivity contribution is 5.79. The number of nitrogens with zero attached hydrogens (tertiary/aromatic N) is 1. The van der Waals surface area contributed by atoms with Crippen LogP contribution in [-0.4, -0.2) is 46.4 Å². The number of hydrogen-bond acceptors (Lipinski definition) is 3. The Morgan fingerprint density at radius 1 is 1.19 bits per heavy atom. The average Bonchev–Trinajstić information content (AvgIpc) is 2.62. The van der Waals surface area contributed by atoms with E-state index in [1.54, 1.807) is 7.11 Å². The van der Waals surface area contributed by atoms with Crippen molar-refractivity contribution in [2.45, 2.75) is 45.4 Å². The largest absolute Gasteiger partial charge is 0.491 e. The molecule has 0 heterocycles. The topological polar surface area (TPSA) is 54.9 Å². The predicted molar refractivity (Wildman–Crippen MR) is 108 cm³/mol. The molecule has 2 N–H and O–H groups in total. The van der Waals surface area contributed by atoms with Gasteiger partial charge < -0.3 is 20.1 Å². The smallest absolute Gasteiger partial charge is 0.191 e. The first-order valence-electron chi connectivity index (χ1n) is 9.75. The summed E-state index contributed by atoms with van der Waals surface area (Å²) in [6.45, 7) is 7.48. The van der Waals surface area contributed by atoms with Gasteiger partial charge in [0.15, 0.2) is 5.96 Å². The summed E-state index contributed by atoms with van der Waals surface area (Å²) in [6.07, 6.45) is 4.98. The van der Waals surface area contributed by atoms with Crippen LogP contribution in [0.25, 0.3) is 0 Å². The molecule has 0 spiro atoms. The van der Waals surface area contributed by atoms with E-state index in [-0.39, 0.29) is 0 Å². The lowest BCUT2D eigenvalue weighted by Gasteiger charge is -2.42. The van der Waals surface area contributed by atoms with Crippen molar-refractivity contribution in [3.8, 4) is 5.75 Å². The zero-order valence-corrected chi connectivity index (χ0v) is 16.8. The molecule has 1 aromatic rings. The number of methoxy groups -OCH3 is 1. The molecule has 0 unspecified atom stereocenters. The Morgan fingerprint density at radius 2 is 1.96 bits per heavy atom. The maximum atomic E-state index is 5.96. The maximum absolute atomic E-state index is 5.96. The van der Waals surface area contributed by atoms with Crippen molar-refractivity contribution in [3.63, 3.8) is 0 Å². The molecule has 2 rings (SSSR count). The number of nitrogens with one attached hydrogen (secondary N) is 2. The monoisotopic (exact) mass is 361 g/mol. The predicted octanol–water partition coefficient (Wildman–Crippen LogP) is 3.56. The van der Waals surface area contributed by atoms with Crippen LogP contribution in [0.5, 0.6) is 5.75 Å². The summed E-state index contributed by atoms with van der Waals surface area (Å²) in [5, 5.41) is 6.83. The first-order chi connectivity index (χ1) is 12.6. The van der Waals surface area contributed by atoms with E-state index in [0.29, 0.717) is 17.9 Å². The molecule has 1 aliphatic carbocycles. The lowest BCUT2D eigenvalue weighted by Crippen LogP contribution is -2.47. The summed E-state index contributed by atoms with van der Waals surface area (Å²) < 4.78 is 11.2. The van der Waals surface area contributed by atoms with Crippen LogP contribution in [-0.2, 0) is 4.74 Å². The number of rotatable bonds is 10. The molecule has 0 aromatic heterocycles. The van der Waals surface area contributed by atoms with E-state index in [1.165, 1.54) is 24.8 Å². The minimum Gasteiger partial charge on any atom is -0.491 e. The van der Waals surface area contributed by atoms with Crippen LogP contribution >= 0.6 is 0 Å². The molecule has 1 aliphatic rings. The van der Waals surface area contributed by atoms with E-state index in [9.17, 15) is 0 Å². The van der Waals surface area contributed by atoms with Crippen molar-refractivity contribution in [3.05, 3.63) is 29.8 Å². The van der Waals surface area contributed by atoms with Gasteiger partial charge in [0.2, 0.25) is 0 Å². The highest BCUT2D eigenvalue weighted by Crippen LogP contribution is 2.43. The minimum atomic E-state index is 0.375. The molecule has 5 heteroatoms. The van der Waals surface area contributed by atoms with Gasteiger partial charge in [0.05, 0.1) is 6.54 Å². The molecular formula is C21H35N3O2. The van der Waals surface area contributed by atoms with Gasteiger partial charge in [-0.1, -0.05) is 38.5 Å². The van der Waals surface area contributed by atoms with Crippen molar-refractivity contribution in [2.24, 2.45) is 10.4 Å². The Bertz CT molecular complexity index is 568. The lowest BCUT2D eigenvalue weighted by atomic mass is 9.67. The summed E-state index contributed by atoms with van der Waals surface area (Å²) in [5.74, 6) is 2.27. The molecule has 26 heavy (non-hydrogen) atoms. The molecule has 0 saturated heterocycles. The molecule has 1 saturated carbocycles. The Balaban J connectivity index is 1.72. The molecule has 0 bridgehead atoms. The standard InChI is InChI=1S/C21H35N3O2/c1-17(2)18-8-5-6-9-19(18)26-15-13-23-20(22-3)24-16-21(10-7-11-21)12-14-25-4/h5-6,8-9,17H,7,10-16H2,1-4H3,(H2,22,23,24). The summed E-state index contributed by atoms with van der Waals surface area (Å²) in [5.41, 5.74) is 1.63. The van der Waals surface area contributed by atoms with Crippen molar-refractivity contribution >= 4 is 5.96 Å². The van der Waals surface area contributed by atoms with E-state index in [2.05, 4.69) is 41.6 Å². The Labute approximate surface area is 158 Å². The Morgan fingerprint density at radius 3 is 2.58 bits per heavy atom. The second kappa shape index (κ2) is 10.4. The van der Waals surface area contributed by atoms with Gasteiger partial charge in [0.1, 0.15) is 12.4 Å². The van der Waals surface area contributed by atoms with Gasteiger partial charge in [0, 0.05) is 27.3 Å². The fraction of sp³-hybridized carbons (Fsp3) is 0.667. The number of hydrogen-bond donors (Lipinski definition) is 2. The molecule has 0 atom stereocenters. The zero-order chi connectivity index (χ0) is 18.8. The number of para-hydroxylation sites is 1. The third-order valence-electron chi connectivity index (χ3n) is 5.30. The molecule has 0 aliphatic heterocycles. The van der Waals surface area contributed by atoms with Crippen molar-refractivity contribution < 1.29 is 9.47 Å². The lowest BCUT2D eigenvalue weighted by molar-refractivity contribution is 0.0732. The average molecular weight is 362 g/mol. The quantitative estimate of drug-likeness (QED) is 0.380. The van der Waals surface area contributed by atoms with Gasteiger partial charge in [-0.3, -0.25) is 4.99 Å². The minimum absolute atomic E-state index is 0.375. The molecule has 146 valence electrons. The van der Waals surface area contributed by atoms with Gasteiger partial charge in [-0.05, 0) is 42.2 Å². The number of guanidine groups is 1. The second-order valence-corrected chi connectivity index (χ2v) is 7.49. The molecule has 0 amide bonds. The first-order valence-corrected chi connectivity index (χ1v) is 9.75. The van der Waals surface area contributed by atoms with E-state index in [4.69, 9.17) is 9.47 Å². The maximum Gasteiger partial charge on any atom is 0.191 e. The normalized spacial score (nSPS) is 16.3.